The van der Waals surface area contributed by atoms with Crippen LogP contribution in [-0.2, 0) is 11.2 Å². The van der Waals surface area contributed by atoms with Crippen LogP contribution in [0, 0.1) is 0 Å². The van der Waals surface area contributed by atoms with Crippen molar-refractivity contribution in [3.63, 3.8) is 0 Å². The number of carbonyl (C=O) groups is 1. The van der Waals surface area contributed by atoms with Gasteiger partial charge in [0.2, 0.25) is 11.8 Å². The normalized spacial score (nSPS) is 23.0. The van der Waals surface area contributed by atoms with Crippen LogP contribution in [0.4, 0.5) is 5.13 Å². The topological polar surface area (TPSA) is 85.7 Å². The molecule has 7 heteroatoms. The quantitative estimate of drug-likeness (QED) is 0.724. The molecule has 2 aliphatic rings. The van der Waals surface area contributed by atoms with Crippen LogP contribution in [0.2, 0.25) is 0 Å². The molecule has 6 nitrogen and oxygen atoms in total. The van der Waals surface area contributed by atoms with Crippen LogP contribution in [0.25, 0.3) is 0 Å². The van der Waals surface area contributed by atoms with E-state index in [9.17, 15) is 15.0 Å². The van der Waals surface area contributed by atoms with Crippen molar-refractivity contribution in [3.05, 3.63) is 4.88 Å². The number of amides is 1. The second-order valence-electron chi connectivity index (χ2n) is 6.91. The largest absolute Gasteiger partial charge is 0.492 e. The summed E-state index contributed by atoms with van der Waals surface area (Å²) < 4.78 is 0. The lowest BCUT2D eigenvalue weighted by Crippen LogP contribution is -2.42. The van der Waals surface area contributed by atoms with Gasteiger partial charge in [0.15, 0.2) is 5.13 Å². The van der Waals surface area contributed by atoms with Crippen LogP contribution in [0.1, 0.15) is 56.2 Å². The zero-order chi connectivity index (χ0) is 16.9. The number of aliphatic hydroxyl groups is 1. The van der Waals surface area contributed by atoms with Crippen molar-refractivity contribution in [2.75, 3.05) is 18.4 Å². The van der Waals surface area contributed by atoms with Crippen LogP contribution < -0.4 is 5.32 Å². The highest BCUT2D eigenvalue weighted by molar-refractivity contribution is 7.16. The van der Waals surface area contributed by atoms with Crippen LogP contribution >= 0.6 is 11.3 Å². The highest BCUT2D eigenvalue weighted by Gasteiger charge is 2.24. The minimum absolute atomic E-state index is 0.0398. The van der Waals surface area contributed by atoms with E-state index in [1.807, 2.05) is 0 Å². The number of hydrogen-bond donors (Lipinski definition) is 3. The molecule has 1 saturated heterocycles. The summed E-state index contributed by atoms with van der Waals surface area (Å²) in [6, 6.07) is 0.416. The van der Waals surface area contributed by atoms with Gasteiger partial charge in [0.1, 0.15) is 0 Å². The molecule has 0 bridgehead atoms. The number of likely N-dealkylation sites (tertiary alicyclic amines) is 1. The molecular weight excluding hydrogens is 326 g/mol. The molecule has 0 radical (unpaired) electrons. The van der Waals surface area contributed by atoms with Gasteiger partial charge >= 0.3 is 0 Å². The maximum atomic E-state index is 12.4. The zero-order valence-corrected chi connectivity index (χ0v) is 14.9. The average Bonchev–Trinajstić information content (AvgIpc) is 2.75. The van der Waals surface area contributed by atoms with Gasteiger partial charge in [0, 0.05) is 19.1 Å². The highest BCUT2D eigenvalue weighted by Crippen LogP contribution is 2.31. The molecule has 2 heterocycles. The number of β-amino-alcohol motifs (C(OH)–C–C–N with tert-alkyl or cyclic N) is 1. The van der Waals surface area contributed by atoms with Crippen molar-refractivity contribution in [2.24, 2.45) is 0 Å². The summed E-state index contributed by atoms with van der Waals surface area (Å²) in [6.07, 6.45) is 8.65. The van der Waals surface area contributed by atoms with Crippen molar-refractivity contribution >= 4 is 22.4 Å². The Morgan fingerprint density at radius 3 is 2.67 bits per heavy atom. The summed E-state index contributed by atoms with van der Waals surface area (Å²) in [7, 11) is 0. The number of rotatable bonds is 4. The molecule has 1 aromatic heterocycles. The third kappa shape index (κ3) is 4.60. The summed E-state index contributed by atoms with van der Waals surface area (Å²) in [6.45, 7) is 1.08. The van der Waals surface area contributed by atoms with Gasteiger partial charge in [-0.1, -0.05) is 37.0 Å². The average molecular weight is 353 g/mol. The number of aliphatic hydroxyl groups excluding tert-OH is 1. The first-order chi connectivity index (χ1) is 11.6. The van der Waals surface area contributed by atoms with Gasteiger partial charge in [-0.2, -0.15) is 4.98 Å². The van der Waals surface area contributed by atoms with E-state index in [0.29, 0.717) is 29.1 Å². The monoisotopic (exact) mass is 353 g/mol. The maximum Gasteiger partial charge on any atom is 0.228 e. The van der Waals surface area contributed by atoms with Crippen LogP contribution in [0.3, 0.4) is 0 Å². The van der Waals surface area contributed by atoms with E-state index in [4.69, 9.17) is 0 Å². The molecule has 1 unspecified atom stereocenters. The Kier molecular flexibility index (Phi) is 5.94. The number of carbonyl (C=O) groups excluding carboxylic acids is 1. The minimum atomic E-state index is -0.426. The Labute approximate surface area is 146 Å². The summed E-state index contributed by atoms with van der Waals surface area (Å²) in [5.74, 6) is -0.0873. The lowest BCUT2D eigenvalue weighted by molar-refractivity contribution is -0.133. The molecule has 1 atom stereocenters. The number of hydrogen-bond acceptors (Lipinski definition) is 6. The zero-order valence-electron chi connectivity index (χ0n) is 14.0. The predicted octanol–water partition coefficient (Wildman–Crippen LogP) is 2.51. The van der Waals surface area contributed by atoms with E-state index in [1.165, 1.54) is 37.0 Å². The van der Waals surface area contributed by atoms with Crippen molar-refractivity contribution in [1.82, 2.24) is 9.88 Å². The lowest BCUT2D eigenvalue weighted by atomic mass is 10.1. The number of aromatic hydroxyl groups is 1. The van der Waals surface area contributed by atoms with E-state index in [-0.39, 0.29) is 18.2 Å². The van der Waals surface area contributed by atoms with Gasteiger partial charge in [-0.05, 0) is 25.7 Å². The summed E-state index contributed by atoms with van der Waals surface area (Å²) in [4.78, 5) is 18.9. The molecule has 1 saturated carbocycles. The Morgan fingerprint density at radius 2 is 1.96 bits per heavy atom. The third-order valence-electron chi connectivity index (χ3n) is 4.92. The second-order valence-corrected chi connectivity index (χ2v) is 7.99. The van der Waals surface area contributed by atoms with Gasteiger partial charge in [0.05, 0.1) is 17.4 Å². The number of nitrogens with one attached hydrogen (secondary N) is 1. The van der Waals surface area contributed by atoms with E-state index in [2.05, 4.69) is 10.3 Å². The van der Waals surface area contributed by atoms with E-state index in [0.717, 1.165) is 25.7 Å². The SMILES string of the molecule is O=C(Cc1sc(NC2CCCCCC2)nc1O)N1CCCC(O)C1. The van der Waals surface area contributed by atoms with Gasteiger partial charge in [-0.15, -0.1) is 0 Å². The second kappa shape index (κ2) is 8.16. The molecule has 1 aliphatic carbocycles. The number of nitrogens with zero attached hydrogens (tertiary/aromatic N) is 2. The van der Waals surface area contributed by atoms with Crippen molar-refractivity contribution in [3.8, 4) is 5.88 Å². The van der Waals surface area contributed by atoms with Gasteiger partial charge in [-0.25, -0.2) is 0 Å². The minimum Gasteiger partial charge on any atom is -0.492 e. The van der Waals surface area contributed by atoms with Crippen molar-refractivity contribution in [1.29, 1.82) is 0 Å². The van der Waals surface area contributed by atoms with Crippen molar-refractivity contribution in [2.45, 2.75) is 69.9 Å². The fourth-order valence-corrected chi connectivity index (χ4v) is 4.47. The van der Waals surface area contributed by atoms with Gasteiger partial charge < -0.3 is 20.4 Å². The van der Waals surface area contributed by atoms with E-state index >= 15 is 0 Å². The molecule has 3 rings (SSSR count). The van der Waals surface area contributed by atoms with E-state index in [1.54, 1.807) is 4.90 Å². The predicted molar refractivity (Wildman–Crippen MR) is 94.4 cm³/mol. The summed E-state index contributed by atoms with van der Waals surface area (Å²) >= 11 is 1.37. The molecule has 3 N–H and O–H groups in total. The summed E-state index contributed by atoms with van der Waals surface area (Å²) in [5.41, 5.74) is 0. The fourth-order valence-electron chi connectivity index (χ4n) is 3.55. The Balaban J connectivity index is 1.58. The van der Waals surface area contributed by atoms with Gasteiger partial charge in [0.25, 0.3) is 0 Å². The Morgan fingerprint density at radius 1 is 1.21 bits per heavy atom. The lowest BCUT2D eigenvalue weighted by Gasteiger charge is -2.30. The highest BCUT2D eigenvalue weighted by atomic mass is 32.1. The number of thiazole rings is 1. The standard InChI is InChI=1S/C17H27N3O3S/c21-13-8-5-9-20(11-13)15(22)10-14-16(23)19-17(24-14)18-12-6-3-1-2-4-7-12/h12-13,21,23H,1-11H2,(H,18,19). The first-order valence-electron chi connectivity index (χ1n) is 9.03. The number of aromatic nitrogens is 1. The van der Waals surface area contributed by atoms with Crippen molar-refractivity contribution < 1.29 is 15.0 Å². The molecule has 1 aliphatic heterocycles. The molecular formula is C17H27N3O3S. The van der Waals surface area contributed by atoms with Crippen LogP contribution in [0.15, 0.2) is 0 Å². The van der Waals surface area contributed by atoms with Crippen LogP contribution in [-0.4, -0.2) is 51.2 Å². The van der Waals surface area contributed by atoms with Gasteiger partial charge in [-0.3, -0.25) is 4.79 Å². The number of piperidine rings is 1. The Bertz CT molecular complexity index is 555. The number of anilines is 1. The third-order valence-corrected chi connectivity index (χ3v) is 5.90. The fraction of sp³-hybridized carbons (Fsp3) is 0.765. The van der Waals surface area contributed by atoms with Crippen LogP contribution in [0.5, 0.6) is 5.88 Å². The molecule has 0 aromatic carbocycles. The Hall–Kier alpha value is -1.34. The first kappa shape index (κ1) is 17.5. The molecule has 0 spiro atoms. The molecule has 1 amide bonds. The van der Waals surface area contributed by atoms with E-state index < -0.39 is 6.10 Å². The molecule has 2 fully saturated rings. The summed E-state index contributed by atoms with van der Waals surface area (Å²) in [5, 5.41) is 23.9. The smallest absolute Gasteiger partial charge is 0.228 e. The molecule has 134 valence electrons. The molecule has 24 heavy (non-hydrogen) atoms. The molecule has 1 aromatic rings. The maximum absolute atomic E-state index is 12.4. The first-order valence-corrected chi connectivity index (χ1v) is 9.84.